The van der Waals surface area contributed by atoms with Crippen molar-refractivity contribution in [3.05, 3.63) is 212 Å². The average Bonchev–Trinajstić information content (AvgIpc) is 4.02. The number of benzene rings is 10. The van der Waals surface area contributed by atoms with Crippen molar-refractivity contribution >= 4 is 87.1 Å². The summed E-state index contributed by atoms with van der Waals surface area (Å²) < 4.78 is 11.4. The van der Waals surface area contributed by atoms with E-state index in [2.05, 4.69) is 209 Å². The van der Waals surface area contributed by atoms with E-state index in [1.54, 1.807) is 0 Å². The Morgan fingerprint density at radius 1 is 0.308 bits per heavy atom. The SMILES string of the molecule is c1ccc(-n2c3ccccc3c3cc(-c4nc(-c5cc6c(cc5-n5c7ccccc7c7cc8ccccc8cc75)oc5ccccc56)nc(-c5cccc6ccccc56)n4)ccc32)cc1. The minimum atomic E-state index is 0.568. The molecular formula is C59H35N5O. The molecule has 0 bridgehead atoms. The third kappa shape index (κ3) is 5.44. The Morgan fingerprint density at radius 2 is 0.892 bits per heavy atom. The molecule has 0 saturated heterocycles. The quantitative estimate of drug-likeness (QED) is 0.173. The number of para-hydroxylation sites is 4. The maximum absolute atomic E-state index is 6.65. The van der Waals surface area contributed by atoms with E-state index >= 15 is 0 Å². The first kappa shape index (κ1) is 35.7. The average molecular weight is 830 g/mol. The second-order valence-corrected chi connectivity index (χ2v) is 16.8. The lowest BCUT2D eigenvalue weighted by Crippen LogP contribution is -2.04. The number of fused-ring (bicyclic) bond motifs is 11. The summed E-state index contributed by atoms with van der Waals surface area (Å²) >= 11 is 0. The van der Waals surface area contributed by atoms with Crippen molar-refractivity contribution < 1.29 is 4.42 Å². The monoisotopic (exact) mass is 829 g/mol. The smallest absolute Gasteiger partial charge is 0.166 e. The number of furan rings is 1. The Balaban J connectivity index is 1.09. The minimum absolute atomic E-state index is 0.568. The van der Waals surface area contributed by atoms with E-state index in [4.69, 9.17) is 19.4 Å². The molecule has 0 aliphatic carbocycles. The first-order chi connectivity index (χ1) is 32.2. The van der Waals surface area contributed by atoms with Crippen LogP contribution in [0.2, 0.25) is 0 Å². The number of rotatable bonds is 5. The van der Waals surface area contributed by atoms with Crippen molar-refractivity contribution in [1.82, 2.24) is 24.1 Å². The van der Waals surface area contributed by atoms with Gasteiger partial charge in [-0.3, -0.25) is 0 Å². The number of nitrogens with zero attached hydrogens (tertiary/aromatic N) is 5. The summed E-state index contributed by atoms with van der Waals surface area (Å²) in [7, 11) is 0. The van der Waals surface area contributed by atoms with Crippen LogP contribution in [0.3, 0.4) is 0 Å². The summed E-state index contributed by atoms with van der Waals surface area (Å²) in [6, 6.07) is 75.0. The second-order valence-electron chi connectivity index (χ2n) is 16.8. The zero-order chi connectivity index (χ0) is 42.6. The molecule has 0 fully saturated rings. The van der Waals surface area contributed by atoms with Gasteiger partial charge in [0, 0.05) is 60.8 Å². The van der Waals surface area contributed by atoms with Crippen LogP contribution in [0.25, 0.3) is 133 Å². The Bertz CT molecular complexity index is 4250. The van der Waals surface area contributed by atoms with Crippen LogP contribution in [0.5, 0.6) is 0 Å². The van der Waals surface area contributed by atoms with Crippen LogP contribution in [0.1, 0.15) is 0 Å². The molecule has 0 spiro atoms. The Labute approximate surface area is 371 Å². The summed E-state index contributed by atoms with van der Waals surface area (Å²) in [5, 5.41) is 11.2. The predicted molar refractivity (Wildman–Crippen MR) is 267 cm³/mol. The highest BCUT2D eigenvalue weighted by Crippen LogP contribution is 2.42. The van der Waals surface area contributed by atoms with Crippen molar-refractivity contribution in [2.45, 2.75) is 0 Å². The molecule has 0 N–H and O–H groups in total. The molecule has 4 heterocycles. The van der Waals surface area contributed by atoms with Gasteiger partial charge in [0.15, 0.2) is 17.5 Å². The number of hydrogen-bond acceptors (Lipinski definition) is 4. The van der Waals surface area contributed by atoms with E-state index in [9.17, 15) is 0 Å². The molecule has 0 atom stereocenters. The van der Waals surface area contributed by atoms with Gasteiger partial charge in [-0.05, 0) is 88.3 Å². The van der Waals surface area contributed by atoms with Crippen molar-refractivity contribution in [2.24, 2.45) is 0 Å². The van der Waals surface area contributed by atoms with E-state index in [-0.39, 0.29) is 0 Å². The molecule has 302 valence electrons. The van der Waals surface area contributed by atoms with Gasteiger partial charge in [-0.1, -0.05) is 140 Å². The maximum atomic E-state index is 6.65. The molecule has 6 heteroatoms. The summed E-state index contributed by atoms with van der Waals surface area (Å²) in [6.07, 6.45) is 0. The van der Waals surface area contributed by atoms with Crippen molar-refractivity contribution in [3.8, 4) is 45.5 Å². The first-order valence-electron chi connectivity index (χ1n) is 21.9. The van der Waals surface area contributed by atoms with E-state index in [1.807, 2.05) is 12.1 Å². The molecule has 14 rings (SSSR count). The largest absolute Gasteiger partial charge is 0.456 e. The fourth-order valence-electron chi connectivity index (χ4n) is 10.2. The summed E-state index contributed by atoms with van der Waals surface area (Å²) in [4.78, 5) is 16.4. The lowest BCUT2D eigenvalue weighted by atomic mass is 10.0. The molecule has 0 unspecified atom stereocenters. The predicted octanol–water partition coefficient (Wildman–Crippen LogP) is 15.3. The zero-order valence-electron chi connectivity index (χ0n) is 34.9. The molecule has 6 nitrogen and oxygen atoms in total. The molecule has 4 aromatic heterocycles. The molecule has 0 radical (unpaired) electrons. The highest BCUT2D eigenvalue weighted by molar-refractivity contribution is 6.15. The van der Waals surface area contributed by atoms with Crippen LogP contribution in [0, 0.1) is 0 Å². The molecule has 0 saturated carbocycles. The Hall–Kier alpha value is -8.87. The lowest BCUT2D eigenvalue weighted by Gasteiger charge is -2.16. The van der Waals surface area contributed by atoms with Gasteiger partial charge in [-0.2, -0.15) is 0 Å². The lowest BCUT2D eigenvalue weighted by molar-refractivity contribution is 0.668. The zero-order valence-corrected chi connectivity index (χ0v) is 34.9. The Morgan fingerprint density at radius 3 is 1.69 bits per heavy atom. The fraction of sp³-hybridized carbons (Fsp3) is 0. The third-order valence-electron chi connectivity index (χ3n) is 13.1. The number of aromatic nitrogens is 5. The summed E-state index contributed by atoms with van der Waals surface area (Å²) in [5.74, 6) is 1.76. The maximum Gasteiger partial charge on any atom is 0.166 e. The van der Waals surface area contributed by atoms with Gasteiger partial charge in [-0.15, -0.1) is 0 Å². The van der Waals surface area contributed by atoms with Crippen LogP contribution in [0.15, 0.2) is 217 Å². The molecule has 10 aromatic carbocycles. The standard InChI is InChI=1S/C59H35N5O/c1-2-19-40(20-3-1)63-50-26-11-8-22-42(50)46-32-39(29-30-52(46)63)57-60-58(45-25-14-18-36-15-6-7-21-41(36)45)62-59(61-57)49-34-48-44-24-10-13-28-55(44)65-56(48)35-54(49)64-51-27-12-9-23-43(51)47-31-37-16-4-5-17-38(37)33-53(47)64/h1-35H. The van der Waals surface area contributed by atoms with Gasteiger partial charge in [0.05, 0.1) is 27.8 Å². The Kier molecular flexibility index (Phi) is 7.59. The molecule has 0 aliphatic rings. The third-order valence-corrected chi connectivity index (χ3v) is 13.1. The van der Waals surface area contributed by atoms with Crippen molar-refractivity contribution in [1.29, 1.82) is 0 Å². The van der Waals surface area contributed by atoms with E-state index in [0.717, 1.165) is 93.6 Å². The van der Waals surface area contributed by atoms with E-state index < -0.39 is 0 Å². The van der Waals surface area contributed by atoms with E-state index in [1.165, 1.54) is 21.5 Å². The fourth-order valence-corrected chi connectivity index (χ4v) is 10.2. The van der Waals surface area contributed by atoms with Gasteiger partial charge in [-0.25, -0.2) is 15.0 Å². The van der Waals surface area contributed by atoms with Crippen LogP contribution >= 0.6 is 0 Å². The molecule has 14 aromatic rings. The van der Waals surface area contributed by atoms with Crippen LogP contribution < -0.4 is 0 Å². The highest BCUT2D eigenvalue weighted by atomic mass is 16.3. The molecule has 65 heavy (non-hydrogen) atoms. The topological polar surface area (TPSA) is 61.7 Å². The normalized spacial score (nSPS) is 12.0. The van der Waals surface area contributed by atoms with Crippen LogP contribution in [-0.4, -0.2) is 24.1 Å². The van der Waals surface area contributed by atoms with Gasteiger partial charge < -0.3 is 13.6 Å². The van der Waals surface area contributed by atoms with Crippen molar-refractivity contribution in [3.63, 3.8) is 0 Å². The van der Waals surface area contributed by atoms with E-state index in [0.29, 0.717) is 17.5 Å². The molecular weight excluding hydrogens is 795 g/mol. The highest BCUT2D eigenvalue weighted by Gasteiger charge is 2.24. The molecule has 0 amide bonds. The van der Waals surface area contributed by atoms with Gasteiger partial charge >= 0.3 is 0 Å². The van der Waals surface area contributed by atoms with Gasteiger partial charge in [0.2, 0.25) is 0 Å². The minimum Gasteiger partial charge on any atom is -0.456 e. The summed E-state index contributed by atoms with van der Waals surface area (Å²) in [5.41, 5.74) is 10.8. The van der Waals surface area contributed by atoms with Crippen LogP contribution in [0.4, 0.5) is 0 Å². The van der Waals surface area contributed by atoms with Crippen molar-refractivity contribution in [2.75, 3.05) is 0 Å². The first-order valence-corrected chi connectivity index (χ1v) is 21.9. The van der Waals surface area contributed by atoms with Crippen LogP contribution in [-0.2, 0) is 0 Å². The summed E-state index contributed by atoms with van der Waals surface area (Å²) in [6.45, 7) is 0. The van der Waals surface area contributed by atoms with Gasteiger partial charge in [0.1, 0.15) is 11.2 Å². The van der Waals surface area contributed by atoms with Gasteiger partial charge in [0.25, 0.3) is 0 Å². The number of hydrogen-bond donors (Lipinski definition) is 0. The second kappa shape index (κ2) is 13.8. The molecule has 0 aliphatic heterocycles.